The van der Waals surface area contributed by atoms with Crippen LogP contribution >= 0.6 is 15.9 Å². The Morgan fingerprint density at radius 2 is 2.00 bits per heavy atom. The van der Waals surface area contributed by atoms with Crippen LogP contribution < -0.4 is 11.1 Å². The van der Waals surface area contributed by atoms with E-state index in [1.54, 1.807) is 18.2 Å². The van der Waals surface area contributed by atoms with Gasteiger partial charge in [0, 0.05) is 4.47 Å². The van der Waals surface area contributed by atoms with Crippen LogP contribution in [0.3, 0.4) is 0 Å². The molecule has 6 heteroatoms. The van der Waals surface area contributed by atoms with E-state index >= 15 is 0 Å². The molecule has 4 nitrogen and oxygen atoms in total. The number of nitrogens with one attached hydrogen (secondary N) is 1. The van der Waals surface area contributed by atoms with E-state index in [4.69, 9.17) is 5.73 Å². The second-order valence-corrected chi connectivity index (χ2v) is 3.95. The summed E-state index contributed by atoms with van der Waals surface area (Å²) in [4.78, 5) is 0. The molecule has 0 fully saturated rings. The lowest BCUT2D eigenvalue weighted by molar-refractivity contribution is 0.628. The summed E-state index contributed by atoms with van der Waals surface area (Å²) in [7, 11) is 0. The van der Waals surface area contributed by atoms with Crippen LogP contribution in [0.1, 0.15) is 0 Å². The Bertz CT molecular complexity index is 501. The quantitative estimate of drug-likeness (QED) is 0.889. The van der Waals surface area contributed by atoms with Gasteiger partial charge in [0.15, 0.2) is 5.82 Å². The van der Waals surface area contributed by atoms with Crippen LogP contribution in [0.4, 0.5) is 21.7 Å². The fourth-order valence-electron chi connectivity index (χ4n) is 1.14. The van der Waals surface area contributed by atoms with Crippen molar-refractivity contribution in [2.45, 2.75) is 0 Å². The highest BCUT2D eigenvalue weighted by molar-refractivity contribution is 9.10. The largest absolute Gasteiger partial charge is 0.382 e. The molecular weight excluding hydrogens is 275 g/mol. The Hall–Kier alpha value is -1.69. The van der Waals surface area contributed by atoms with Gasteiger partial charge in [-0.25, -0.2) is 4.39 Å². The zero-order chi connectivity index (χ0) is 11.5. The van der Waals surface area contributed by atoms with Crippen LogP contribution in [-0.4, -0.2) is 10.2 Å². The van der Waals surface area contributed by atoms with Crippen LogP contribution in [0.2, 0.25) is 0 Å². The highest BCUT2D eigenvalue weighted by Gasteiger charge is 2.03. The predicted octanol–water partition coefficient (Wildman–Crippen LogP) is 2.70. The van der Waals surface area contributed by atoms with Crippen molar-refractivity contribution in [1.82, 2.24) is 10.2 Å². The lowest BCUT2D eigenvalue weighted by Crippen LogP contribution is -1.98. The van der Waals surface area contributed by atoms with E-state index in [0.717, 1.165) is 4.47 Å². The lowest BCUT2D eigenvalue weighted by atomic mass is 10.3. The van der Waals surface area contributed by atoms with E-state index in [1.165, 1.54) is 12.1 Å². The zero-order valence-corrected chi connectivity index (χ0v) is 9.70. The Labute approximate surface area is 99.8 Å². The average Bonchev–Trinajstić information content (AvgIpc) is 2.27. The number of halogens is 2. The second kappa shape index (κ2) is 4.44. The van der Waals surface area contributed by atoms with Crippen molar-refractivity contribution in [3.63, 3.8) is 0 Å². The maximum atomic E-state index is 13.0. The van der Waals surface area contributed by atoms with Crippen LogP contribution in [0, 0.1) is 5.82 Å². The molecular formula is C10H8BrFN4. The van der Waals surface area contributed by atoms with E-state index in [2.05, 4.69) is 31.4 Å². The molecule has 2 aromatic rings. The van der Waals surface area contributed by atoms with Crippen molar-refractivity contribution in [2.24, 2.45) is 0 Å². The predicted molar refractivity (Wildman–Crippen MR) is 63.8 cm³/mol. The first-order valence-corrected chi connectivity index (χ1v) is 5.26. The summed E-state index contributed by atoms with van der Waals surface area (Å²) in [5, 5.41) is 10.4. The van der Waals surface area contributed by atoms with Crippen molar-refractivity contribution in [2.75, 3.05) is 11.1 Å². The minimum Gasteiger partial charge on any atom is -0.382 e. The Morgan fingerprint density at radius 3 is 2.69 bits per heavy atom. The molecule has 0 spiro atoms. The molecule has 3 N–H and O–H groups in total. The Morgan fingerprint density at radius 1 is 1.19 bits per heavy atom. The zero-order valence-electron chi connectivity index (χ0n) is 8.11. The summed E-state index contributed by atoms with van der Waals surface area (Å²) >= 11 is 3.30. The van der Waals surface area contributed by atoms with Crippen LogP contribution in [0.5, 0.6) is 0 Å². The fourth-order valence-corrected chi connectivity index (χ4v) is 1.49. The molecule has 0 aliphatic heterocycles. The number of nitrogen functional groups attached to an aromatic ring is 1. The molecule has 0 aliphatic carbocycles. The standard InChI is InChI=1S/C10H8BrFN4/c11-7-2-1-6(12)5-8(7)14-10-4-3-9(13)15-16-10/h1-5H,(H2,13,15)(H,14,16). The summed E-state index contributed by atoms with van der Waals surface area (Å²) < 4.78 is 13.7. The van der Waals surface area contributed by atoms with Crippen molar-refractivity contribution in [3.8, 4) is 0 Å². The van der Waals surface area contributed by atoms with Gasteiger partial charge in [-0.1, -0.05) is 0 Å². The first-order chi connectivity index (χ1) is 7.65. The topological polar surface area (TPSA) is 63.8 Å². The maximum absolute atomic E-state index is 13.0. The third-order valence-electron chi connectivity index (χ3n) is 1.88. The number of anilines is 3. The van der Waals surface area contributed by atoms with Crippen molar-refractivity contribution < 1.29 is 4.39 Å². The normalized spacial score (nSPS) is 10.1. The van der Waals surface area contributed by atoms with E-state index < -0.39 is 0 Å². The van der Waals surface area contributed by atoms with Gasteiger partial charge < -0.3 is 11.1 Å². The molecule has 2 rings (SSSR count). The number of benzene rings is 1. The van der Waals surface area contributed by atoms with Gasteiger partial charge in [0.2, 0.25) is 0 Å². The minimum atomic E-state index is -0.325. The van der Waals surface area contributed by atoms with Gasteiger partial charge in [-0.05, 0) is 46.3 Å². The first kappa shape index (κ1) is 10.8. The van der Waals surface area contributed by atoms with Crippen LogP contribution in [-0.2, 0) is 0 Å². The Balaban J connectivity index is 2.26. The smallest absolute Gasteiger partial charge is 0.153 e. The SMILES string of the molecule is Nc1ccc(Nc2cc(F)ccc2Br)nn1. The third-order valence-corrected chi connectivity index (χ3v) is 2.57. The van der Waals surface area contributed by atoms with E-state index in [9.17, 15) is 4.39 Å². The van der Waals surface area contributed by atoms with E-state index in [-0.39, 0.29) is 5.82 Å². The number of nitrogens with zero attached hydrogens (tertiary/aromatic N) is 2. The second-order valence-electron chi connectivity index (χ2n) is 3.09. The number of rotatable bonds is 2. The van der Waals surface area contributed by atoms with Crippen LogP contribution in [0.25, 0.3) is 0 Å². The minimum absolute atomic E-state index is 0.325. The number of hydrogen-bond acceptors (Lipinski definition) is 4. The van der Waals surface area contributed by atoms with Crippen LogP contribution in [0.15, 0.2) is 34.8 Å². The average molecular weight is 283 g/mol. The maximum Gasteiger partial charge on any atom is 0.153 e. The molecule has 0 atom stereocenters. The van der Waals surface area contributed by atoms with Crippen molar-refractivity contribution in [1.29, 1.82) is 0 Å². The molecule has 0 amide bonds. The number of hydrogen-bond donors (Lipinski definition) is 2. The van der Waals surface area contributed by atoms with Gasteiger partial charge in [0.05, 0.1) is 5.69 Å². The van der Waals surface area contributed by atoms with Gasteiger partial charge in [-0.15, -0.1) is 10.2 Å². The summed E-state index contributed by atoms with van der Waals surface area (Å²) in [6.45, 7) is 0. The first-order valence-electron chi connectivity index (χ1n) is 4.46. The highest BCUT2D eigenvalue weighted by atomic mass is 79.9. The van der Waals surface area contributed by atoms with Gasteiger partial charge in [-0.3, -0.25) is 0 Å². The summed E-state index contributed by atoms with van der Waals surface area (Å²) in [6.07, 6.45) is 0. The molecule has 0 radical (unpaired) electrons. The van der Waals surface area contributed by atoms with Crippen molar-refractivity contribution in [3.05, 3.63) is 40.6 Å². The molecule has 1 aromatic heterocycles. The molecule has 0 saturated carbocycles. The number of aromatic nitrogens is 2. The monoisotopic (exact) mass is 282 g/mol. The molecule has 1 aromatic carbocycles. The molecule has 82 valence electrons. The summed E-state index contributed by atoms with van der Waals surface area (Å²) in [5.41, 5.74) is 5.99. The molecule has 0 aliphatic rings. The molecule has 1 heterocycles. The van der Waals surface area contributed by atoms with Crippen molar-refractivity contribution >= 4 is 33.3 Å². The van der Waals surface area contributed by atoms with E-state index in [1.807, 2.05) is 0 Å². The molecule has 0 unspecified atom stereocenters. The molecule has 16 heavy (non-hydrogen) atoms. The Kier molecular flexibility index (Phi) is 3.00. The van der Waals surface area contributed by atoms with E-state index in [0.29, 0.717) is 17.3 Å². The fraction of sp³-hybridized carbons (Fsp3) is 0. The third kappa shape index (κ3) is 2.46. The van der Waals surface area contributed by atoms with Gasteiger partial charge in [0.25, 0.3) is 0 Å². The lowest BCUT2D eigenvalue weighted by Gasteiger charge is -2.07. The number of nitrogens with two attached hydrogens (primary N) is 1. The van der Waals surface area contributed by atoms with Gasteiger partial charge in [-0.2, -0.15) is 0 Å². The van der Waals surface area contributed by atoms with Gasteiger partial charge in [0.1, 0.15) is 11.6 Å². The summed E-state index contributed by atoms with van der Waals surface area (Å²) in [5.74, 6) is 0.512. The highest BCUT2D eigenvalue weighted by Crippen LogP contribution is 2.25. The molecule has 0 bridgehead atoms. The molecule has 0 saturated heterocycles. The summed E-state index contributed by atoms with van der Waals surface area (Å²) in [6, 6.07) is 7.62. The van der Waals surface area contributed by atoms with Gasteiger partial charge >= 0.3 is 0 Å².